The number of rotatable bonds is 5. The summed E-state index contributed by atoms with van der Waals surface area (Å²) in [6.07, 6.45) is 5.65. The summed E-state index contributed by atoms with van der Waals surface area (Å²) in [7, 11) is 0. The van der Waals surface area contributed by atoms with Gasteiger partial charge in [-0.25, -0.2) is 0 Å². The number of hydrogen-bond acceptors (Lipinski definition) is 5. The maximum absolute atomic E-state index is 12.4. The van der Waals surface area contributed by atoms with Crippen molar-refractivity contribution < 1.29 is 19.1 Å². The Kier molecular flexibility index (Phi) is 5.14. The molecule has 1 saturated carbocycles. The van der Waals surface area contributed by atoms with E-state index in [2.05, 4.69) is 17.0 Å². The molecule has 3 aliphatic rings. The van der Waals surface area contributed by atoms with Gasteiger partial charge in [-0.2, -0.15) is 0 Å². The molecule has 2 atom stereocenters. The fraction of sp³-hybridized carbons (Fsp3) is 0.571. The van der Waals surface area contributed by atoms with Gasteiger partial charge in [-0.15, -0.1) is 0 Å². The second-order valence-corrected chi connectivity index (χ2v) is 7.70. The third-order valence-electron chi connectivity index (χ3n) is 6.05. The highest BCUT2D eigenvalue weighted by Crippen LogP contribution is 2.37. The van der Waals surface area contributed by atoms with Crippen molar-refractivity contribution in [2.45, 2.75) is 38.5 Å². The SMILES string of the molecule is O=C(CN1C(=O)[C@H]2CCCC[C@H]2C1=O)OCCN1CCCc2ccccc21. The molecule has 0 bridgehead atoms. The summed E-state index contributed by atoms with van der Waals surface area (Å²) in [4.78, 5) is 40.4. The minimum absolute atomic E-state index is 0.188. The molecule has 0 aromatic heterocycles. The first-order valence-corrected chi connectivity index (χ1v) is 9.99. The number of hydrogen-bond donors (Lipinski definition) is 0. The zero-order valence-corrected chi connectivity index (χ0v) is 15.6. The van der Waals surface area contributed by atoms with Gasteiger partial charge in [0.1, 0.15) is 13.2 Å². The van der Waals surface area contributed by atoms with Crippen molar-refractivity contribution in [3.05, 3.63) is 29.8 Å². The Labute approximate surface area is 159 Å². The van der Waals surface area contributed by atoms with Crippen LogP contribution >= 0.6 is 0 Å². The highest BCUT2D eigenvalue weighted by molar-refractivity contribution is 6.07. The lowest BCUT2D eigenvalue weighted by Crippen LogP contribution is -2.38. The summed E-state index contributed by atoms with van der Waals surface area (Å²) < 4.78 is 5.35. The van der Waals surface area contributed by atoms with Gasteiger partial charge in [0.2, 0.25) is 11.8 Å². The second-order valence-electron chi connectivity index (χ2n) is 7.70. The largest absolute Gasteiger partial charge is 0.462 e. The predicted octanol–water partition coefficient (Wildman–Crippen LogP) is 2.16. The number of imide groups is 1. The molecule has 0 N–H and O–H groups in total. The van der Waals surface area contributed by atoms with Crippen LogP contribution < -0.4 is 4.90 Å². The molecule has 1 saturated heterocycles. The first-order chi connectivity index (χ1) is 13.1. The molecule has 2 aliphatic heterocycles. The molecule has 0 radical (unpaired) electrons. The van der Waals surface area contributed by atoms with Crippen LogP contribution in [-0.2, 0) is 25.5 Å². The van der Waals surface area contributed by atoms with Gasteiger partial charge in [-0.05, 0) is 37.3 Å². The van der Waals surface area contributed by atoms with Gasteiger partial charge >= 0.3 is 5.97 Å². The van der Waals surface area contributed by atoms with E-state index in [9.17, 15) is 14.4 Å². The highest BCUT2D eigenvalue weighted by atomic mass is 16.5. The number of para-hydroxylation sites is 1. The Morgan fingerprint density at radius 2 is 1.74 bits per heavy atom. The molecule has 1 aromatic carbocycles. The average molecular weight is 370 g/mol. The molecular weight excluding hydrogens is 344 g/mol. The van der Waals surface area contributed by atoms with E-state index in [0.29, 0.717) is 6.54 Å². The maximum atomic E-state index is 12.4. The maximum Gasteiger partial charge on any atom is 0.326 e. The Morgan fingerprint density at radius 1 is 1.04 bits per heavy atom. The van der Waals surface area contributed by atoms with Crippen molar-refractivity contribution >= 4 is 23.5 Å². The standard InChI is InChI=1S/C21H26N2O4/c24-19(14-23-20(25)16-8-2-3-9-17(16)21(23)26)27-13-12-22-11-5-7-15-6-1-4-10-18(15)22/h1,4,6,10,16-17H,2-3,5,7-9,11-14H2/t16-,17+. The van der Waals surface area contributed by atoms with Crippen molar-refractivity contribution in [3.63, 3.8) is 0 Å². The smallest absolute Gasteiger partial charge is 0.326 e. The molecule has 2 fully saturated rings. The molecule has 1 aliphatic carbocycles. The van der Waals surface area contributed by atoms with E-state index in [-0.39, 0.29) is 36.8 Å². The van der Waals surface area contributed by atoms with Gasteiger partial charge in [0.15, 0.2) is 0 Å². The zero-order valence-electron chi connectivity index (χ0n) is 15.6. The fourth-order valence-corrected chi connectivity index (χ4v) is 4.68. The Balaban J connectivity index is 1.28. The topological polar surface area (TPSA) is 66.9 Å². The summed E-state index contributed by atoms with van der Waals surface area (Å²) in [6, 6.07) is 8.30. The molecular formula is C21H26N2O4. The number of fused-ring (bicyclic) bond motifs is 2. The number of esters is 1. The second kappa shape index (κ2) is 7.71. The molecule has 0 spiro atoms. The molecule has 2 heterocycles. The molecule has 27 heavy (non-hydrogen) atoms. The van der Waals surface area contributed by atoms with Gasteiger partial charge in [0.25, 0.3) is 0 Å². The number of amides is 2. The summed E-state index contributed by atoms with van der Waals surface area (Å²) >= 11 is 0. The monoisotopic (exact) mass is 370 g/mol. The van der Waals surface area contributed by atoms with Crippen LogP contribution in [0.4, 0.5) is 5.69 Å². The van der Waals surface area contributed by atoms with Gasteiger partial charge < -0.3 is 9.64 Å². The highest BCUT2D eigenvalue weighted by Gasteiger charge is 2.48. The number of likely N-dealkylation sites (tertiary alicyclic amines) is 1. The van der Waals surface area contributed by atoms with Crippen LogP contribution in [0.2, 0.25) is 0 Å². The number of benzene rings is 1. The molecule has 144 valence electrons. The van der Waals surface area contributed by atoms with Crippen LogP contribution in [0.1, 0.15) is 37.7 Å². The van der Waals surface area contributed by atoms with Crippen molar-refractivity contribution in [2.24, 2.45) is 11.8 Å². The van der Waals surface area contributed by atoms with Crippen molar-refractivity contribution in [1.82, 2.24) is 4.90 Å². The fourth-order valence-electron chi connectivity index (χ4n) is 4.68. The number of ether oxygens (including phenoxy) is 1. The molecule has 4 rings (SSSR count). The summed E-state index contributed by atoms with van der Waals surface area (Å²) in [5, 5.41) is 0. The number of carbonyl (C=O) groups excluding carboxylic acids is 3. The van der Waals surface area contributed by atoms with E-state index >= 15 is 0 Å². The van der Waals surface area contributed by atoms with Crippen LogP contribution in [0.5, 0.6) is 0 Å². The summed E-state index contributed by atoms with van der Waals surface area (Å²) in [5.74, 6) is -1.31. The molecule has 2 amide bonds. The van der Waals surface area contributed by atoms with Crippen LogP contribution in [0.3, 0.4) is 0 Å². The summed E-state index contributed by atoms with van der Waals surface area (Å²) in [6.45, 7) is 1.58. The van der Waals surface area contributed by atoms with Crippen LogP contribution in [-0.4, -0.2) is 48.9 Å². The first-order valence-electron chi connectivity index (χ1n) is 9.99. The van der Waals surface area contributed by atoms with Gasteiger partial charge in [0.05, 0.1) is 18.4 Å². The van der Waals surface area contributed by atoms with Gasteiger partial charge in [-0.3, -0.25) is 19.3 Å². The number of aryl methyl sites for hydroxylation is 1. The van der Waals surface area contributed by atoms with Crippen molar-refractivity contribution in [2.75, 3.05) is 31.1 Å². The Hall–Kier alpha value is -2.37. The lowest BCUT2D eigenvalue weighted by atomic mass is 9.81. The van der Waals surface area contributed by atoms with E-state index in [1.165, 1.54) is 11.3 Å². The average Bonchev–Trinajstić information content (AvgIpc) is 2.93. The summed E-state index contributed by atoms with van der Waals surface area (Å²) in [5.41, 5.74) is 2.53. The Morgan fingerprint density at radius 3 is 2.48 bits per heavy atom. The van der Waals surface area contributed by atoms with Crippen LogP contribution in [0.15, 0.2) is 24.3 Å². The van der Waals surface area contributed by atoms with E-state index < -0.39 is 5.97 Å². The number of anilines is 1. The third kappa shape index (κ3) is 3.57. The van der Waals surface area contributed by atoms with Gasteiger partial charge in [-0.1, -0.05) is 31.0 Å². The van der Waals surface area contributed by atoms with Gasteiger partial charge in [0, 0.05) is 12.2 Å². The lowest BCUT2D eigenvalue weighted by molar-refractivity contribution is -0.152. The molecule has 0 unspecified atom stereocenters. The van der Waals surface area contributed by atoms with E-state index in [1.807, 2.05) is 12.1 Å². The molecule has 6 heteroatoms. The molecule has 1 aromatic rings. The lowest BCUT2D eigenvalue weighted by Gasteiger charge is -2.31. The van der Waals surface area contributed by atoms with Crippen molar-refractivity contribution in [1.29, 1.82) is 0 Å². The van der Waals surface area contributed by atoms with Crippen LogP contribution in [0, 0.1) is 11.8 Å². The van der Waals surface area contributed by atoms with Crippen LogP contribution in [0.25, 0.3) is 0 Å². The van der Waals surface area contributed by atoms with Crippen molar-refractivity contribution in [3.8, 4) is 0 Å². The minimum Gasteiger partial charge on any atom is -0.462 e. The number of nitrogens with zero attached hydrogens (tertiary/aromatic N) is 2. The normalized spacial score (nSPS) is 24.6. The van der Waals surface area contributed by atoms with E-state index in [0.717, 1.165) is 50.0 Å². The Bertz CT molecular complexity index is 723. The third-order valence-corrected chi connectivity index (χ3v) is 6.05. The number of carbonyl (C=O) groups is 3. The van der Waals surface area contributed by atoms with E-state index in [1.54, 1.807) is 0 Å². The minimum atomic E-state index is -0.499. The van der Waals surface area contributed by atoms with E-state index in [4.69, 9.17) is 4.74 Å². The first kappa shape index (κ1) is 18.0. The molecule has 6 nitrogen and oxygen atoms in total. The predicted molar refractivity (Wildman–Crippen MR) is 100 cm³/mol. The quantitative estimate of drug-likeness (QED) is 0.587. The zero-order chi connectivity index (χ0) is 18.8.